The van der Waals surface area contributed by atoms with Gasteiger partial charge in [0.05, 0.1) is 0 Å². The summed E-state index contributed by atoms with van der Waals surface area (Å²) in [5.74, 6) is 0. The lowest BCUT2D eigenvalue weighted by Gasteiger charge is -2.19. The molecule has 0 aliphatic heterocycles. The van der Waals surface area contributed by atoms with Crippen LogP contribution in [-0.4, -0.2) is 0 Å². The van der Waals surface area contributed by atoms with Gasteiger partial charge in [-0.2, -0.15) is 0 Å². The second-order valence-corrected chi connectivity index (χ2v) is 7.17. The van der Waals surface area contributed by atoms with Gasteiger partial charge in [-0.25, -0.2) is 0 Å². The predicted molar refractivity (Wildman–Crippen MR) is 106 cm³/mol. The van der Waals surface area contributed by atoms with Crippen molar-refractivity contribution in [3.63, 3.8) is 0 Å². The Morgan fingerprint density at radius 1 is 0.417 bits per heavy atom. The van der Waals surface area contributed by atoms with Crippen molar-refractivity contribution in [2.45, 2.75) is 13.8 Å². The molecule has 0 N–H and O–H groups in total. The molecule has 0 heteroatoms. The summed E-state index contributed by atoms with van der Waals surface area (Å²) in [4.78, 5) is 0. The summed E-state index contributed by atoms with van der Waals surface area (Å²) in [6.45, 7) is 4.41. The molecule has 112 valence electrons. The topological polar surface area (TPSA) is 0 Å². The molecular formula is C24H16. The molecule has 0 heterocycles. The number of hydrogen-bond acceptors (Lipinski definition) is 0. The summed E-state index contributed by atoms with van der Waals surface area (Å²) in [5, 5.41) is 14.0. The average molecular weight is 304 g/mol. The highest BCUT2D eigenvalue weighted by molar-refractivity contribution is 6.35. The first-order valence-corrected chi connectivity index (χ1v) is 8.54. The van der Waals surface area contributed by atoms with Gasteiger partial charge in [-0.05, 0) is 103 Å². The highest BCUT2D eigenvalue weighted by atomic mass is 14.2. The number of rotatable bonds is 0. The molecule has 6 aromatic carbocycles. The molecule has 0 aliphatic carbocycles. The van der Waals surface area contributed by atoms with Crippen molar-refractivity contribution in [1.82, 2.24) is 0 Å². The first kappa shape index (κ1) is 12.5. The van der Waals surface area contributed by atoms with Gasteiger partial charge < -0.3 is 0 Å². The fourth-order valence-corrected chi connectivity index (χ4v) is 4.31. The molecule has 0 saturated heterocycles. The maximum atomic E-state index is 2.40. The van der Waals surface area contributed by atoms with Gasteiger partial charge in [0.25, 0.3) is 0 Å². The van der Waals surface area contributed by atoms with Crippen LogP contribution in [0.15, 0.2) is 60.7 Å². The highest BCUT2D eigenvalue weighted by Crippen LogP contribution is 2.45. The zero-order valence-electron chi connectivity index (χ0n) is 13.8. The molecule has 0 bridgehead atoms. The lowest BCUT2D eigenvalue weighted by molar-refractivity contribution is 1.37. The Labute approximate surface area is 140 Å². The van der Waals surface area contributed by atoms with E-state index in [-0.39, 0.29) is 0 Å². The van der Waals surface area contributed by atoms with Crippen molar-refractivity contribution in [3.05, 3.63) is 71.8 Å². The molecule has 0 saturated carbocycles. The van der Waals surface area contributed by atoms with E-state index < -0.39 is 0 Å². The van der Waals surface area contributed by atoms with Crippen LogP contribution in [0.25, 0.3) is 53.9 Å². The summed E-state index contributed by atoms with van der Waals surface area (Å²) in [6, 6.07) is 22.8. The van der Waals surface area contributed by atoms with Crippen molar-refractivity contribution < 1.29 is 0 Å². The molecule has 0 fully saturated rings. The normalized spacial score (nSPS) is 12.6. The SMILES string of the molecule is Cc1cc2c(cc1C)c1cc3c4cc5ccccc5cc4c3cc21. The van der Waals surface area contributed by atoms with Gasteiger partial charge in [0, 0.05) is 0 Å². The van der Waals surface area contributed by atoms with Gasteiger partial charge in [-0.15, -0.1) is 0 Å². The van der Waals surface area contributed by atoms with Crippen LogP contribution in [0.1, 0.15) is 11.1 Å². The van der Waals surface area contributed by atoms with E-state index in [2.05, 4.69) is 74.5 Å². The van der Waals surface area contributed by atoms with Crippen LogP contribution in [-0.2, 0) is 0 Å². The monoisotopic (exact) mass is 304 g/mol. The predicted octanol–water partition coefficient (Wildman–Crippen LogP) is 6.95. The van der Waals surface area contributed by atoms with Crippen molar-refractivity contribution in [2.24, 2.45) is 0 Å². The third-order valence-electron chi connectivity index (χ3n) is 5.84. The van der Waals surface area contributed by atoms with Crippen molar-refractivity contribution in [1.29, 1.82) is 0 Å². The minimum atomic E-state index is 1.33. The van der Waals surface area contributed by atoms with E-state index in [9.17, 15) is 0 Å². The largest absolute Gasteiger partial charge is 0.0616 e. The van der Waals surface area contributed by atoms with Crippen LogP contribution in [0.5, 0.6) is 0 Å². The number of hydrogen-bond donors (Lipinski definition) is 0. The van der Waals surface area contributed by atoms with E-state index in [0.717, 1.165) is 0 Å². The summed E-state index contributed by atoms with van der Waals surface area (Å²) in [7, 11) is 0. The van der Waals surface area contributed by atoms with Crippen molar-refractivity contribution in [3.8, 4) is 0 Å². The summed E-state index contributed by atoms with van der Waals surface area (Å²) >= 11 is 0. The van der Waals surface area contributed by atoms with Crippen LogP contribution < -0.4 is 0 Å². The molecule has 0 nitrogen and oxygen atoms in total. The lowest BCUT2D eigenvalue weighted by atomic mass is 9.84. The molecular weight excluding hydrogens is 288 g/mol. The van der Waals surface area contributed by atoms with Crippen LogP contribution >= 0.6 is 0 Å². The Morgan fingerprint density at radius 3 is 1.17 bits per heavy atom. The van der Waals surface area contributed by atoms with E-state index >= 15 is 0 Å². The summed E-state index contributed by atoms with van der Waals surface area (Å²) in [6.07, 6.45) is 0. The fourth-order valence-electron chi connectivity index (χ4n) is 4.31. The zero-order valence-corrected chi connectivity index (χ0v) is 13.8. The second-order valence-electron chi connectivity index (χ2n) is 7.17. The minimum Gasteiger partial charge on any atom is -0.0616 e. The molecule has 0 unspecified atom stereocenters. The third kappa shape index (κ3) is 1.36. The standard InChI is InChI=1S/C24H16/c1-13-7-17-18(8-14(13)2)22-12-24-20-10-16-6-4-3-5-15(16)9-19(20)23(24)11-21(17)22/h3-12H,1-2H3. The second kappa shape index (κ2) is 3.96. The average Bonchev–Trinajstić information content (AvgIpc) is 2.60. The van der Waals surface area contributed by atoms with Crippen molar-refractivity contribution >= 4 is 53.9 Å². The Bertz CT molecular complexity index is 1290. The molecule has 0 amide bonds. The molecule has 24 heavy (non-hydrogen) atoms. The van der Waals surface area contributed by atoms with Crippen LogP contribution in [0.2, 0.25) is 0 Å². The number of benzene rings is 4. The van der Waals surface area contributed by atoms with Crippen LogP contribution in [0.4, 0.5) is 0 Å². The smallest absolute Gasteiger partial charge is 0.00921 e. The molecule has 0 aromatic heterocycles. The van der Waals surface area contributed by atoms with Crippen LogP contribution in [0, 0.1) is 13.8 Å². The van der Waals surface area contributed by atoms with Crippen LogP contribution in [0.3, 0.4) is 0 Å². The van der Waals surface area contributed by atoms with E-state index in [1.807, 2.05) is 0 Å². The zero-order chi connectivity index (χ0) is 16.0. The highest BCUT2D eigenvalue weighted by Gasteiger charge is 2.17. The Hall–Kier alpha value is -2.86. The molecule has 6 aromatic rings. The van der Waals surface area contributed by atoms with Crippen molar-refractivity contribution in [2.75, 3.05) is 0 Å². The maximum Gasteiger partial charge on any atom is -0.00921 e. The van der Waals surface area contributed by atoms with E-state index in [1.165, 1.54) is 65.0 Å². The molecule has 6 rings (SSSR count). The third-order valence-corrected chi connectivity index (χ3v) is 5.84. The summed E-state index contributed by atoms with van der Waals surface area (Å²) < 4.78 is 0. The fraction of sp³-hybridized carbons (Fsp3) is 0.0833. The maximum absolute atomic E-state index is 2.40. The molecule has 0 atom stereocenters. The Morgan fingerprint density at radius 2 is 0.750 bits per heavy atom. The number of aryl methyl sites for hydroxylation is 2. The lowest BCUT2D eigenvalue weighted by Crippen LogP contribution is -1.92. The van der Waals surface area contributed by atoms with E-state index in [0.29, 0.717) is 0 Å². The van der Waals surface area contributed by atoms with Gasteiger partial charge in [0.2, 0.25) is 0 Å². The van der Waals surface area contributed by atoms with Gasteiger partial charge in [0.15, 0.2) is 0 Å². The van der Waals surface area contributed by atoms with Gasteiger partial charge >= 0.3 is 0 Å². The number of fused-ring (bicyclic) bond motifs is 9. The van der Waals surface area contributed by atoms with E-state index in [1.54, 1.807) is 0 Å². The summed E-state index contributed by atoms with van der Waals surface area (Å²) in [5.41, 5.74) is 2.77. The first-order valence-electron chi connectivity index (χ1n) is 8.54. The quantitative estimate of drug-likeness (QED) is 0.285. The Kier molecular flexibility index (Phi) is 2.07. The molecule has 0 radical (unpaired) electrons. The first-order chi connectivity index (χ1) is 11.7. The van der Waals surface area contributed by atoms with Gasteiger partial charge in [0.1, 0.15) is 0 Å². The molecule has 0 aliphatic rings. The van der Waals surface area contributed by atoms with Gasteiger partial charge in [-0.1, -0.05) is 36.4 Å². The van der Waals surface area contributed by atoms with E-state index in [4.69, 9.17) is 0 Å². The minimum absolute atomic E-state index is 1.33. The molecule has 0 spiro atoms. The van der Waals surface area contributed by atoms with Gasteiger partial charge in [-0.3, -0.25) is 0 Å². The Balaban J connectivity index is 1.75.